The molecule has 0 amide bonds. The molecule has 0 heterocycles. The van der Waals surface area contributed by atoms with Crippen molar-refractivity contribution in [1.82, 2.24) is 5.73 Å². The molecule has 8 heavy (non-hydrogen) atoms. The molecule has 0 aliphatic heterocycles. The highest BCUT2D eigenvalue weighted by Crippen LogP contribution is 1.85. The second kappa shape index (κ2) is 3.83. The Hall–Kier alpha value is -0.120. The highest BCUT2D eigenvalue weighted by molar-refractivity contribution is 4.41. The van der Waals surface area contributed by atoms with Gasteiger partial charge < -0.3 is 9.84 Å². The molecule has 0 fully saturated rings. The smallest absolute Gasteiger partial charge is 0.117 e. The van der Waals surface area contributed by atoms with Gasteiger partial charge in [-0.2, -0.15) is 0 Å². The highest BCUT2D eigenvalue weighted by Gasteiger charge is 1.96. The molecule has 0 bridgehead atoms. The summed E-state index contributed by atoms with van der Waals surface area (Å²) in [6.07, 6.45) is -0.979. The molecular formula is C5H12NO2. The standard InChI is InChI=1S/C5H12NO2/c1-4(7)3-8-5(2)6/h4-7H,3H2,1-2H3. The van der Waals surface area contributed by atoms with Crippen molar-refractivity contribution in [1.29, 1.82) is 0 Å². The first-order valence-corrected chi connectivity index (χ1v) is 2.63. The minimum atomic E-state index is -0.524. The maximum atomic E-state index is 8.59. The van der Waals surface area contributed by atoms with Crippen LogP contribution in [0, 0.1) is 0 Å². The van der Waals surface area contributed by atoms with E-state index in [2.05, 4.69) is 0 Å². The summed E-state index contributed by atoms with van der Waals surface area (Å²) in [5.74, 6) is 0. The van der Waals surface area contributed by atoms with E-state index in [0.717, 1.165) is 0 Å². The minimum absolute atomic E-state index is 0.255. The molecule has 0 rings (SSSR count). The Labute approximate surface area is 49.4 Å². The first-order valence-electron chi connectivity index (χ1n) is 2.63. The average molecular weight is 118 g/mol. The molecule has 0 saturated carbocycles. The Morgan fingerprint density at radius 3 is 2.25 bits per heavy atom. The fourth-order valence-corrected chi connectivity index (χ4v) is 0.284. The quantitative estimate of drug-likeness (QED) is 0.567. The molecule has 49 valence electrons. The lowest BCUT2D eigenvalue weighted by Crippen LogP contribution is -2.17. The fraction of sp³-hybridized carbons (Fsp3) is 1.00. The van der Waals surface area contributed by atoms with Crippen molar-refractivity contribution in [3.05, 3.63) is 0 Å². The van der Waals surface area contributed by atoms with Gasteiger partial charge in [0.15, 0.2) is 0 Å². The summed E-state index contributed by atoms with van der Waals surface area (Å²) in [4.78, 5) is 0. The number of ether oxygens (including phenoxy) is 1. The predicted molar refractivity (Wildman–Crippen MR) is 30.2 cm³/mol. The van der Waals surface area contributed by atoms with Crippen molar-refractivity contribution in [2.75, 3.05) is 6.61 Å². The van der Waals surface area contributed by atoms with Gasteiger partial charge in [-0.3, -0.25) is 0 Å². The van der Waals surface area contributed by atoms with Gasteiger partial charge >= 0.3 is 0 Å². The lowest BCUT2D eigenvalue weighted by molar-refractivity contribution is 0.00505. The van der Waals surface area contributed by atoms with Crippen LogP contribution >= 0.6 is 0 Å². The number of hydrogen-bond donors (Lipinski definition) is 1. The van der Waals surface area contributed by atoms with Crippen LogP contribution in [0.2, 0.25) is 0 Å². The van der Waals surface area contributed by atoms with Crippen LogP contribution in [0.1, 0.15) is 13.8 Å². The molecule has 0 aliphatic carbocycles. The van der Waals surface area contributed by atoms with Crippen LogP contribution in [0.5, 0.6) is 0 Å². The molecule has 0 aromatic carbocycles. The van der Waals surface area contributed by atoms with Crippen molar-refractivity contribution in [3.63, 3.8) is 0 Å². The van der Waals surface area contributed by atoms with Crippen LogP contribution in [0.15, 0.2) is 0 Å². The van der Waals surface area contributed by atoms with Gasteiger partial charge in [-0.1, -0.05) is 0 Å². The molecule has 0 aromatic heterocycles. The third-order valence-corrected chi connectivity index (χ3v) is 0.587. The summed E-state index contributed by atoms with van der Waals surface area (Å²) >= 11 is 0. The van der Waals surface area contributed by atoms with Crippen LogP contribution < -0.4 is 5.73 Å². The molecule has 1 radical (unpaired) electrons. The molecule has 0 saturated heterocycles. The Morgan fingerprint density at radius 2 is 2.12 bits per heavy atom. The molecular weight excluding hydrogens is 106 g/mol. The van der Waals surface area contributed by atoms with Gasteiger partial charge in [0.2, 0.25) is 0 Å². The van der Waals surface area contributed by atoms with E-state index in [9.17, 15) is 0 Å². The Balaban J connectivity index is 2.93. The molecule has 2 atom stereocenters. The van der Waals surface area contributed by atoms with Crippen LogP contribution in [-0.4, -0.2) is 24.0 Å². The molecule has 2 N–H and O–H groups in total. The third-order valence-electron chi connectivity index (χ3n) is 0.587. The Kier molecular flexibility index (Phi) is 3.77. The van der Waals surface area contributed by atoms with Crippen LogP contribution in [0.3, 0.4) is 0 Å². The summed E-state index contributed by atoms with van der Waals surface area (Å²) in [6.45, 7) is 3.50. The maximum Gasteiger partial charge on any atom is 0.117 e. The number of aliphatic hydroxyl groups excluding tert-OH is 1. The first-order chi connectivity index (χ1) is 3.63. The summed E-state index contributed by atoms with van der Waals surface area (Å²) in [7, 11) is 0. The molecule has 3 nitrogen and oxygen atoms in total. The van der Waals surface area contributed by atoms with E-state index in [1.54, 1.807) is 13.8 Å². The largest absolute Gasteiger partial charge is 0.391 e. The molecule has 0 aromatic rings. The normalized spacial score (nSPS) is 18.0. The zero-order valence-electron chi connectivity index (χ0n) is 5.22. The Bertz CT molecular complexity index is 46.4. The van der Waals surface area contributed by atoms with E-state index in [1.165, 1.54) is 0 Å². The van der Waals surface area contributed by atoms with Crippen LogP contribution in [0.4, 0.5) is 0 Å². The van der Waals surface area contributed by atoms with Crippen molar-refractivity contribution in [2.45, 2.75) is 26.2 Å². The van der Waals surface area contributed by atoms with Crippen LogP contribution in [-0.2, 0) is 4.74 Å². The number of nitrogens with one attached hydrogen (secondary N) is 1. The van der Waals surface area contributed by atoms with E-state index >= 15 is 0 Å². The van der Waals surface area contributed by atoms with E-state index in [4.69, 9.17) is 15.6 Å². The van der Waals surface area contributed by atoms with E-state index in [0.29, 0.717) is 0 Å². The summed E-state index contributed by atoms with van der Waals surface area (Å²) < 4.78 is 4.72. The van der Waals surface area contributed by atoms with Crippen molar-refractivity contribution < 1.29 is 9.84 Å². The topological polar surface area (TPSA) is 53.3 Å². The molecule has 2 unspecified atom stereocenters. The van der Waals surface area contributed by atoms with Crippen molar-refractivity contribution in [2.24, 2.45) is 0 Å². The van der Waals surface area contributed by atoms with E-state index in [-0.39, 0.29) is 6.61 Å². The monoisotopic (exact) mass is 118 g/mol. The lowest BCUT2D eigenvalue weighted by atomic mass is 10.4. The van der Waals surface area contributed by atoms with Gasteiger partial charge in [0.1, 0.15) is 6.23 Å². The van der Waals surface area contributed by atoms with Crippen molar-refractivity contribution in [3.8, 4) is 0 Å². The van der Waals surface area contributed by atoms with Gasteiger partial charge in [-0.05, 0) is 13.8 Å². The molecule has 0 spiro atoms. The SMILES string of the molecule is CC(O)COC(C)[NH]. The van der Waals surface area contributed by atoms with Crippen molar-refractivity contribution >= 4 is 0 Å². The molecule has 0 aliphatic rings. The fourth-order valence-electron chi connectivity index (χ4n) is 0.284. The van der Waals surface area contributed by atoms with Gasteiger partial charge in [0, 0.05) is 0 Å². The lowest BCUT2D eigenvalue weighted by Gasteiger charge is -2.07. The number of rotatable bonds is 3. The maximum absolute atomic E-state index is 8.59. The van der Waals surface area contributed by atoms with Gasteiger partial charge in [-0.15, -0.1) is 0 Å². The Morgan fingerprint density at radius 1 is 1.62 bits per heavy atom. The zero-order chi connectivity index (χ0) is 6.57. The van der Waals surface area contributed by atoms with Crippen LogP contribution in [0.25, 0.3) is 0 Å². The van der Waals surface area contributed by atoms with Gasteiger partial charge in [0.25, 0.3) is 0 Å². The first kappa shape index (κ1) is 7.88. The van der Waals surface area contributed by atoms with Gasteiger partial charge in [0.05, 0.1) is 12.7 Å². The second-order valence-corrected chi connectivity index (χ2v) is 1.82. The number of hydrogen-bond acceptors (Lipinski definition) is 2. The summed E-state index contributed by atoms with van der Waals surface area (Å²) in [6, 6.07) is 0. The highest BCUT2D eigenvalue weighted by atomic mass is 16.5. The molecule has 3 heteroatoms. The predicted octanol–water partition coefficient (Wildman–Crippen LogP) is 0.0127. The average Bonchev–Trinajstić information content (AvgIpc) is 1.61. The van der Waals surface area contributed by atoms with E-state index in [1.807, 2.05) is 0 Å². The number of aliphatic hydroxyl groups is 1. The second-order valence-electron chi connectivity index (χ2n) is 1.82. The summed E-state index contributed by atoms with van der Waals surface area (Å²) in [5.41, 5.74) is 6.84. The zero-order valence-corrected chi connectivity index (χ0v) is 5.22. The van der Waals surface area contributed by atoms with E-state index < -0.39 is 12.3 Å². The van der Waals surface area contributed by atoms with Gasteiger partial charge in [-0.25, -0.2) is 5.73 Å². The minimum Gasteiger partial charge on any atom is -0.391 e. The third kappa shape index (κ3) is 5.88. The summed E-state index contributed by atoms with van der Waals surface area (Å²) in [5, 5.41) is 8.59.